The number of unbranched alkanes of at least 4 members (excludes halogenated alkanes) is 2. The fraction of sp³-hybridized carbons (Fsp3) is 0.933. The molecule has 1 N–H and O–H groups in total. The van der Waals surface area contributed by atoms with Gasteiger partial charge in [-0.2, -0.15) is 0 Å². The van der Waals surface area contributed by atoms with E-state index < -0.39 is 5.60 Å². The van der Waals surface area contributed by atoms with E-state index >= 15 is 0 Å². The normalized spacial score (nSPS) is 20.0. The van der Waals surface area contributed by atoms with Crippen LogP contribution in [0.3, 0.4) is 0 Å². The zero-order valence-electron chi connectivity index (χ0n) is 13.4. The number of hydrogen-bond acceptors (Lipinski definition) is 4. The van der Waals surface area contributed by atoms with Crippen molar-refractivity contribution in [1.29, 1.82) is 0 Å². The van der Waals surface area contributed by atoms with Crippen molar-refractivity contribution in [2.24, 2.45) is 0 Å². The number of amides is 1. The van der Waals surface area contributed by atoms with Gasteiger partial charge in [-0.15, -0.1) is 0 Å². The molecule has 1 heterocycles. The predicted octanol–water partition coefficient (Wildman–Crippen LogP) is 2.40. The molecule has 0 spiro atoms. The first-order chi connectivity index (χ1) is 9.44. The monoisotopic (exact) mass is 286 g/mol. The predicted molar refractivity (Wildman–Crippen MR) is 79.9 cm³/mol. The van der Waals surface area contributed by atoms with Crippen LogP contribution in [0.5, 0.6) is 0 Å². The van der Waals surface area contributed by atoms with E-state index in [1.165, 1.54) is 19.3 Å². The van der Waals surface area contributed by atoms with E-state index in [-0.39, 0.29) is 12.1 Å². The second kappa shape index (κ2) is 8.47. The maximum Gasteiger partial charge on any atom is 0.410 e. The van der Waals surface area contributed by atoms with Gasteiger partial charge in [0.15, 0.2) is 0 Å². The summed E-state index contributed by atoms with van der Waals surface area (Å²) in [4.78, 5) is 14.0. The molecule has 1 amide bonds. The summed E-state index contributed by atoms with van der Waals surface area (Å²) < 4.78 is 10.9. The zero-order chi connectivity index (χ0) is 15.0. The standard InChI is InChI=1S/C15H30N2O3/c1-5-6-7-8-16-11-13-12-19-10-9-17(13)14(18)20-15(2,3)4/h13,16H,5-12H2,1-4H3. The Morgan fingerprint density at radius 1 is 1.40 bits per heavy atom. The van der Waals surface area contributed by atoms with E-state index in [1.54, 1.807) is 4.90 Å². The van der Waals surface area contributed by atoms with Gasteiger partial charge in [-0.3, -0.25) is 4.90 Å². The maximum atomic E-state index is 12.2. The highest BCUT2D eigenvalue weighted by Crippen LogP contribution is 2.14. The van der Waals surface area contributed by atoms with Crippen molar-refractivity contribution in [2.45, 2.75) is 58.6 Å². The van der Waals surface area contributed by atoms with Gasteiger partial charge in [0.25, 0.3) is 0 Å². The Balaban J connectivity index is 2.39. The minimum absolute atomic E-state index is 0.0697. The van der Waals surface area contributed by atoms with Crippen LogP contribution in [0.15, 0.2) is 0 Å². The fourth-order valence-corrected chi connectivity index (χ4v) is 2.15. The molecule has 118 valence electrons. The molecule has 1 aliphatic heterocycles. The van der Waals surface area contributed by atoms with Crippen LogP contribution >= 0.6 is 0 Å². The smallest absolute Gasteiger partial charge is 0.410 e. The van der Waals surface area contributed by atoms with Gasteiger partial charge in [-0.1, -0.05) is 19.8 Å². The largest absolute Gasteiger partial charge is 0.444 e. The van der Waals surface area contributed by atoms with Crippen molar-refractivity contribution < 1.29 is 14.3 Å². The van der Waals surface area contributed by atoms with Crippen molar-refractivity contribution in [1.82, 2.24) is 10.2 Å². The third kappa shape index (κ3) is 6.57. The van der Waals surface area contributed by atoms with Crippen molar-refractivity contribution in [3.63, 3.8) is 0 Å². The lowest BCUT2D eigenvalue weighted by Gasteiger charge is -2.36. The summed E-state index contributed by atoms with van der Waals surface area (Å²) >= 11 is 0. The summed E-state index contributed by atoms with van der Waals surface area (Å²) in [5, 5.41) is 3.41. The molecule has 0 aliphatic carbocycles. The molecule has 1 aliphatic rings. The number of carbonyl (C=O) groups excluding carboxylic acids is 1. The number of morpholine rings is 1. The first-order valence-corrected chi connectivity index (χ1v) is 7.72. The van der Waals surface area contributed by atoms with Crippen LogP contribution in [0.2, 0.25) is 0 Å². The van der Waals surface area contributed by atoms with Crippen molar-refractivity contribution in [3.05, 3.63) is 0 Å². The number of hydrogen-bond donors (Lipinski definition) is 1. The molecular formula is C15H30N2O3. The molecular weight excluding hydrogens is 256 g/mol. The first-order valence-electron chi connectivity index (χ1n) is 7.72. The van der Waals surface area contributed by atoms with E-state index in [2.05, 4.69) is 12.2 Å². The third-order valence-electron chi connectivity index (χ3n) is 3.19. The molecule has 5 heteroatoms. The highest BCUT2D eigenvalue weighted by molar-refractivity contribution is 5.68. The first kappa shape index (κ1) is 17.2. The third-order valence-corrected chi connectivity index (χ3v) is 3.19. The minimum atomic E-state index is -0.450. The maximum absolute atomic E-state index is 12.2. The summed E-state index contributed by atoms with van der Waals surface area (Å²) in [6.07, 6.45) is 3.40. The van der Waals surface area contributed by atoms with Crippen LogP contribution in [0.4, 0.5) is 4.79 Å². The Morgan fingerprint density at radius 3 is 2.80 bits per heavy atom. The molecule has 1 atom stereocenters. The lowest BCUT2D eigenvalue weighted by atomic mass is 10.2. The molecule has 0 radical (unpaired) electrons. The van der Waals surface area contributed by atoms with E-state index in [1.807, 2.05) is 20.8 Å². The summed E-state index contributed by atoms with van der Waals surface area (Å²) in [5.74, 6) is 0. The van der Waals surface area contributed by atoms with E-state index in [9.17, 15) is 4.79 Å². The Kier molecular flexibility index (Phi) is 7.30. The lowest BCUT2D eigenvalue weighted by molar-refractivity contribution is -0.0316. The summed E-state index contributed by atoms with van der Waals surface area (Å²) in [5.41, 5.74) is -0.450. The van der Waals surface area contributed by atoms with Crippen molar-refractivity contribution >= 4 is 6.09 Å². The van der Waals surface area contributed by atoms with Crippen molar-refractivity contribution in [3.8, 4) is 0 Å². The second-order valence-corrected chi connectivity index (χ2v) is 6.31. The number of nitrogens with zero attached hydrogens (tertiary/aromatic N) is 1. The van der Waals surface area contributed by atoms with Gasteiger partial charge in [0.05, 0.1) is 19.3 Å². The molecule has 5 nitrogen and oxygen atoms in total. The minimum Gasteiger partial charge on any atom is -0.444 e. The molecule has 20 heavy (non-hydrogen) atoms. The van der Waals surface area contributed by atoms with Crippen LogP contribution in [0.1, 0.15) is 47.0 Å². The molecule has 1 rings (SSSR count). The Hall–Kier alpha value is -0.810. The van der Waals surface area contributed by atoms with Crippen LogP contribution < -0.4 is 5.32 Å². The average molecular weight is 286 g/mol. The number of carbonyl (C=O) groups is 1. The van der Waals surface area contributed by atoms with E-state index in [4.69, 9.17) is 9.47 Å². The number of rotatable bonds is 6. The van der Waals surface area contributed by atoms with Gasteiger partial charge in [-0.25, -0.2) is 4.79 Å². The highest BCUT2D eigenvalue weighted by Gasteiger charge is 2.30. The molecule has 0 aromatic heterocycles. The highest BCUT2D eigenvalue weighted by atomic mass is 16.6. The summed E-state index contributed by atoms with van der Waals surface area (Å²) in [7, 11) is 0. The number of ether oxygens (including phenoxy) is 2. The van der Waals surface area contributed by atoms with Gasteiger partial charge in [-0.05, 0) is 33.7 Å². The molecule has 1 saturated heterocycles. The van der Waals surface area contributed by atoms with E-state index in [0.29, 0.717) is 19.8 Å². The topological polar surface area (TPSA) is 50.8 Å². The van der Waals surface area contributed by atoms with Gasteiger partial charge in [0.1, 0.15) is 5.60 Å². The van der Waals surface area contributed by atoms with Gasteiger partial charge < -0.3 is 14.8 Å². The lowest BCUT2D eigenvalue weighted by Crippen LogP contribution is -2.54. The quantitative estimate of drug-likeness (QED) is 0.762. The van der Waals surface area contributed by atoms with Crippen LogP contribution in [0, 0.1) is 0 Å². The molecule has 0 aromatic carbocycles. The molecule has 0 saturated carbocycles. The van der Waals surface area contributed by atoms with Crippen LogP contribution in [0.25, 0.3) is 0 Å². The average Bonchev–Trinajstić information content (AvgIpc) is 2.37. The second-order valence-electron chi connectivity index (χ2n) is 6.31. The Bertz CT molecular complexity index is 289. The molecule has 0 bridgehead atoms. The van der Waals surface area contributed by atoms with Gasteiger partial charge in [0.2, 0.25) is 0 Å². The fourth-order valence-electron chi connectivity index (χ4n) is 2.15. The van der Waals surface area contributed by atoms with E-state index in [0.717, 1.165) is 13.1 Å². The Morgan fingerprint density at radius 2 is 2.15 bits per heavy atom. The molecule has 1 unspecified atom stereocenters. The zero-order valence-corrected chi connectivity index (χ0v) is 13.4. The van der Waals surface area contributed by atoms with Crippen LogP contribution in [-0.2, 0) is 9.47 Å². The summed E-state index contributed by atoms with van der Waals surface area (Å²) in [6.45, 7) is 11.4. The SMILES string of the molecule is CCCCCNCC1COCCN1C(=O)OC(C)(C)C. The Labute approximate surface area is 123 Å². The number of nitrogens with one attached hydrogen (secondary N) is 1. The summed E-state index contributed by atoms with van der Waals surface area (Å²) in [6, 6.07) is 0.0697. The van der Waals surface area contributed by atoms with Gasteiger partial charge in [0, 0.05) is 13.1 Å². The molecule has 1 fully saturated rings. The van der Waals surface area contributed by atoms with Gasteiger partial charge >= 0.3 is 6.09 Å². The van der Waals surface area contributed by atoms with Crippen molar-refractivity contribution in [2.75, 3.05) is 32.8 Å². The molecule has 0 aromatic rings. The van der Waals surface area contributed by atoms with Crippen LogP contribution in [-0.4, -0.2) is 55.5 Å².